The van der Waals surface area contributed by atoms with Crippen LogP contribution in [-0.4, -0.2) is 32.0 Å². The molecular formula is C12H15NO4. The first-order chi connectivity index (χ1) is 8.22. The van der Waals surface area contributed by atoms with Gasteiger partial charge < -0.3 is 14.5 Å². The van der Waals surface area contributed by atoms with Crippen molar-refractivity contribution in [3.8, 4) is 0 Å². The Morgan fingerprint density at radius 2 is 2.35 bits per heavy atom. The van der Waals surface area contributed by atoms with Crippen molar-refractivity contribution in [3.63, 3.8) is 0 Å². The van der Waals surface area contributed by atoms with Crippen LogP contribution in [0.1, 0.15) is 39.5 Å². The summed E-state index contributed by atoms with van der Waals surface area (Å²) in [6, 6.07) is 1.54. The monoisotopic (exact) mass is 237 g/mol. The Bertz CT molecular complexity index is 436. The predicted octanol–water partition coefficient (Wildman–Crippen LogP) is 1.17. The van der Waals surface area contributed by atoms with Gasteiger partial charge in [0, 0.05) is 32.6 Å². The maximum Gasteiger partial charge on any atom is 0.287 e. The van der Waals surface area contributed by atoms with Crippen LogP contribution in [0.3, 0.4) is 0 Å². The number of hydrogen-bond acceptors (Lipinski definition) is 4. The molecule has 92 valence electrons. The van der Waals surface area contributed by atoms with Crippen molar-refractivity contribution in [1.29, 1.82) is 0 Å². The molecule has 5 nitrogen and oxygen atoms in total. The van der Waals surface area contributed by atoms with E-state index in [1.54, 1.807) is 13.2 Å². The Labute approximate surface area is 99.1 Å². The summed E-state index contributed by atoms with van der Waals surface area (Å²) in [5.74, 6) is 0.606. The standard InChI is InChI=1S/C12H15NO4/c1-16-6-5-13-12(15)11-7-8-9(14)3-2-4-10(8)17-11/h7H,2-6H2,1H3,(H,13,15). The van der Waals surface area contributed by atoms with Gasteiger partial charge in [-0.1, -0.05) is 0 Å². The second-order valence-corrected chi connectivity index (χ2v) is 3.97. The highest BCUT2D eigenvalue weighted by atomic mass is 16.5. The molecule has 0 saturated carbocycles. The number of rotatable bonds is 4. The summed E-state index contributed by atoms with van der Waals surface area (Å²) in [7, 11) is 1.57. The van der Waals surface area contributed by atoms with E-state index in [1.165, 1.54) is 0 Å². The minimum Gasteiger partial charge on any atom is -0.455 e. The lowest BCUT2D eigenvalue weighted by Crippen LogP contribution is -2.26. The third kappa shape index (κ3) is 2.55. The highest BCUT2D eigenvalue weighted by Crippen LogP contribution is 2.24. The maximum absolute atomic E-state index is 11.7. The average Bonchev–Trinajstić information content (AvgIpc) is 2.75. The molecule has 2 rings (SSSR count). The van der Waals surface area contributed by atoms with Crippen molar-refractivity contribution in [2.45, 2.75) is 19.3 Å². The van der Waals surface area contributed by atoms with Gasteiger partial charge in [-0.3, -0.25) is 9.59 Å². The Balaban J connectivity index is 2.07. The Hall–Kier alpha value is -1.62. The fraction of sp³-hybridized carbons (Fsp3) is 0.500. The number of ketones is 1. The van der Waals surface area contributed by atoms with Crippen LogP contribution in [0.15, 0.2) is 10.5 Å². The number of nitrogens with one attached hydrogen (secondary N) is 1. The molecule has 1 aliphatic carbocycles. The third-order valence-corrected chi connectivity index (χ3v) is 2.73. The van der Waals surface area contributed by atoms with Gasteiger partial charge in [-0.2, -0.15) is 0 Å². The molecule has 1 aromatic rings. The minimum atomic E-state index is -0.302. The number of carbonyl (C=O) groups excluding carboxylic acids is 2. The van der Waals surface area contributed by atoms with Crippen LogP contribution in [-0.2, 0) is 11.2 Å². The second kappa shape index (κ2) is 5.14. The number of hydrogen-bond donors (Lipinski definition) is 1. The van der Waals surface area contributed by atoms with Crippen molar-refractivity contribution >= 4 is 11.7 Å². The normalized spacial score (nSPS) is 14.5. The molecular weight excluding hydrogens is 222 g/mol. The van der Waals surface area contributed by atoms with Crippen molar-refractivity contribution in [2.75, 3.05) is 20.3 Å². The van der Waals surface area contributed by atoms with Crippen LogP contribution < -0.4 is 5.32 Å². The number of carbonyl (C=O) groups is 2. The molecule has 0 unspecified atom stereocenters. The molecule has 0 radical (unpaired) electrons. The summed E-state index contributed by atoms with van der Waals surface area (Å²) in [6.07, 6.45) is 2.06. The second-order valence-electron chi connectivity index (χ2n) is 3.97. The molecule has 5 heteroatoms. The summed E-state index contributed by atoms with van der Waals surface area (Å²) in [5.41, 5.74) is 0.563. The highest BCUT2D eigenvalue weighted by Gasteiger charge is 2.24. The van der Waals surface area contributed by atoms with Crippen LogP contribution in [0.2, 0.25) is 0 Å². The largest absolute Gasteiger partial charge is 0.455 e. The van der Waals surface area contributed by atoms with Crippen LogP contribution in [0, 0.1) is 0 Å². The van der Waals surface area contributed by atoms with Gasteiger partial charge >= 0.3 is 0 Å². The van der Waals surface area contributed by atoms with E-state index in [-0.39, 0.29) is 17.5 Å². The lowest BCUT2D eigenvalue weighted by atomic mass is 9.97. The van der Waals surface area contributed by atoms with Crippen molar-refractivity contribution in [1.82, 2.24) is 5.32 Å². The smallest absolute Gasteiger partial charge is 0.287 e. The van der Waals surface area contributed by atoms with E-state index in [1.807, 2.05) is 0 Å². The van der Waals surface area contributed by atoms with Gasteiger partial charge in [0.1, 0.15) is 5.76 Å². The Kier molecular flexibility index (Phi) is 3.58. The zero-order valence-corrected chi connectivity index (χ0v) is 9.75. The molecule has 1 amide bonds. The van der Waals surface area contributed by atoms with E-state index >= 15 is 0 Å². The van der Waals surface area contributed by atoms with Crippen LogP contribution >= 0.6 is 0 Å². The minimum absolute atomic E-state index is 0.0611. The first-order valence-corrected chi connectivity index (χ1v) is 5.65. The Morgan fingerprint density at radius 1 is 1.53 bits per heavy atom. The van der Waals surface area contributed by atoms with E-state index in [0.29, 0.717) is 30.9 Å². The molecule has 17 heavy (non-hydrogen) atoms. The topological polar surface area (TPSA) is 68.5 Å². The quantitative estimate of drug-likeness (QED) is 0.798. The van der Waals surface area contributed by atoms with E-state index in [0.717, 1.165) is 12.8 Å². The van der Waals surface area contributed by atoms with Gasteiger partial charge in [0.25, 0.3) is 5.91 Å². The number of amides is 1. The summed E-state index contributed by atoms with van der Waals surface area (Å²) >= 11 is 0. The molecule has 1 aliphatic rings. The lowest BCUT2D eigenvalue weighted by Gasteiger charge is -2.06. The fourth-order valence-corrected chi connectivity index (χ4v) is 1.86. The first-order valence-electron chi connectivity index (χ1n) is 5.65. The van der Waals surface area contributed by atoms with Crippen molar-refractivity contribution < 1.29 is 18.7 Å². The maximum atomic E-state index is 11.7. The highest BCUT2D eigenvalue weighted by molar-refractivity contribution is 6.01. The predicted molar refractivity (Wildman–Crippen MR) is 60.2 cm³/mol. The van der Waals surface area contributed by atoms with E-state index < -0.39 is 0 Å². The molecule has 0 fully saturated rings. The first kappa shape index (κ1) is 11.9. The van der Waals surface area contributed by atoms with Gasteiger partial charge in [0.05, 0.1) is 12.2 Å². The van der Waals surface area contributed by atoms with E-state index in [2.05, 4.69) is 5.32 Å². The molecule has 0 aromatic carbocycles. The van der Waals surface area contributed by atoms with Crippen LogP contribution in [0.25, 0.3) is 0 Å². The number of furan rings is 1. The molecule has 1 aromatic heterocycles. The summed E-state index contributed by atoms with van der Waals surface area (Å²) < 4.78 is 10.2. The SMILES string of the molecule is COCCNC(=O)c1cc2c(o1)CCCC2=O. The van der Waals surface area contributed by atoms with E-state index in [4.69, 9.17) is 9.15 Å². The number of ether oxygens (including phenoxy) is 1. The van der Waals surface area contributed by atoms with Gasteiger partial charge in [-0.25, -0.2) is 0 Å². The van der Waals surface area contributed by atoms with Gasteiger partial charge in [0.2, 0.25) is 0 Å². The molecule has 0 atom stereocenters. The van der Waals surface area contributed by atoms with Crippen LogP contribution in [0.5, 0.6) is 0 Å². The number of aryl methyl sites for hydroxylation is 1. The van der Waals surface area contributed by atoms with E-state index in [9.17, 15) is 9.59 Å². The Morgan fingerprint density at radius 3 is 3.06 bits per heavy atom. The van der Waals surface area contributed by atoms with Gasteiger partial charge in [-0.15, -0.1) is 0 Å². The van der Waals surface area contributed by atoms with Crippen molar-refractivity contribution in [2.24, 2.45) is 0 Å². The van der Waals surface area contributed by atoms with Crippen molar-refractivity contribution in [3.05, 3.63) is 23.2 Å². The third-order valence-electron chi connectivity index (χ3n) is 2.73. The lowest BCUT2D eigenvalue weighted by molar-refractivity contribution is 0.0905. The summed E-state index contributed by atoms with van der Waals surface area (Å²) in [5, 5.41) is 2.65. The van der Waals surface area contributed by atoms with Gasteiger partial charge in [0.15, 0.2) is 11.5 Å². The number of Topliss-reactive ketones (excluding diaryl/α,β-unsaturated/α-hetero) is 1. The molecule has 1 heterocycles. The summed E-state index contributed by atoms with van der Waals surface area (Å²) in [4.78, 5) is 23.2. The number of methoxy groups -OCH3 is 1. The molecule has 0 saturated heterocycles. The zero-order valence-electron chi connectivity index (χ0n) is 9.75. The average molecular weight is 237 g/mol. The zero-order chi connectivity index (χ0) is 12.3. The fourth-order valence-electron chi connectivity index (χ4n) is 1.86. The van der Waals surface area contributed by atoms with Crippen LogP contribution in [0.4, 0.5) is 0 Å². The molecule has 0 spiro atoms. The molecule has 0 bridgehead atoms. The number of fused-ring (bicyclic) bond motifs is 1. The molecule has 0 aliphatic heterocycles. The summed E-state index contributed by atoms with van der Waals surface area (Å²) in [6.45, 7) is 0.875. The van der Waals surface area contributed by atoms with Gasteiger partial charge in [-0.05, 0) is 6.42 Å². The molecule has 1 N–H and O–H groups in total.